The summed E-state index contributed by atoms with van der Waals surface area (Å²) in [5.41, 5.74) is 1.71. The fourth-order valence-corrected chi connectivity index (χ4v) is 4.41. The van der Waals surface area contributed by atoms with E-state index in [1.54, 1.807) is 13.0 Å². The Kier molecular flexibility index (Phi) is 7.62. The Morgan fingerprint density at radius 1 is 1.09 bits per heavy atom. The Hall–Kier alpha value is -2.90. The zero-order valence-corrected chi connectivity index (χ0v) is 19.4. The number of rotatable bonds is 8. The van der Waals surface area contributed by atoms with Crippen molar-refractivity contribution in [2.24, 2.45) is 0 Å². The van der Waals surface area contributed by atoms with Gasteiger partial charge in [-0.1, -0.05) is 41.0 Å². The van der Waals surface area contributed by atoms with E-state index in [4.69, 9.17) is 16.1 Å². The molecule has 33 heavy (non-hydrogen) atoms. The van der Waals surface area contributed by atoms with Gasteiger partial charge in [0.25, 0.3) is 5.91 Å². The molecule has 1 N–H and O–H groups in total. The average molecular weight is 471 g/mol. The lowest BCUT2D eigenvalue weighted by molar-refractivity contribution is 0.0951. The lowest BCUT2D eigenvalue weighted by Crippen LogP contribution is -2.46. The van der Waals surface area contributed by atoms with Crippen molar-refractivity contribution in [3.8, 4) is 11.3 Å². The Bertz CT molecular complexity index is 1060. The number of benzene rings is 2. The first kappa shape index (κ1) is 23.3. The standard InChI is InChI=1S/C25H28ClFN4O2/c1-18-22(24(29-33-18)23-20(26)10-7-11-21(23)27)25(32)28-12-5-6-13-30-14-16-31(17-15-30)19-8-3-2-4-9-19/h2-4,7-11H,5-6,12-17H2,1H3,(H,28,32). The molecule has 0 spiro atoms. The van der Waals surface area contributed by atoms with Gasteiger partial charge in [0.15, 0.2) is 0 Å². The summed E-state index contributed by atoms with van der Waals surface area (Å²) < 4.78 is 19.5. The highest BCUT2D eigenvalue weighted by molar-refractivity contribution is 6.33. The third-order valence-electron chi connectivity index (χ3n) is 5.97. The third kappa shape index (κ3) is 5.54. The number of anilines is 1. The molecule has 8 heteroatoms. The van der Waals surface area contributed by atoms with E-state index in [0.717, 1.165) is 45.6 Å². The maximum absolute atomic E-state index is 14.3. The van der Waals surface area contributed by atoms with Crippen LogP contribution in [0.3, 0.4) is 0 Å². The average Bonchev–Trinajstić information content (AvgIpc) is 3.20. The number of nitrogens with one attached hydrogen (secondary N) is 1. The molecule has 1 amide bonds. The normalized spacial score (nSPS) is 14.5. The Balaban J connectivity index is 1.23. The van der Waals surface area contributed by atoms with Crippen LogP contribution in [0.1, 0.15) is 29.0 Å². The number of unbranched alkanes of at least 4 members (excludes halogenated alkanes) is 1. The first-order chi connectivity index (χ1) is 16.0. The van der Waals surface area contributed by atoms with Gasteiger partial charge in [-0.05, 0) is 50.6 Å². The molecule has 1 aliphatic heterocycles. The number of nitrogens with zero attached hydrogens (tertiary/aromatic N) is 3. The van der Waals surface area contributed by atoms with Crippen molar-refractivity contribution in [3.05, 3.63) is 70.7 Å². The molecule has 4 rings (SSSR count). The molecule has 1 aromatic heterocycles. The fraction of sp³-hybridized carbons (Fsp3) is 0.360. The molecular weight excluding hydrogens is 443 g/mol. The minimum Gasteiger partial charge on any atom is -0.369 e. The number of carbonyl (C=O) groups is 1. The molecule has 0 unspecified atom stereocenters. The number of hydrogen-bond donors (Lipinski definition) is 1. The van der Waals surface area contributed by atoms with Crippen LogP contribution in [0.15, 0.2) is 53.1 Å². The van der Waals surface area contributed by atoms with E-state index in [1.165, 1.54) is 17.8 Å². The summed E-state index contributed by atoms with van der Waals surface area (Å²) in [6.07, 6.45) is 1.84. The predicted octanol–water partition coefficient (Wildman–Crippen LogP) is 4.77. The summed E-state index contributed by atoms with van der Waals surface area (Å²) in [6.45, 7) is 7.28. The second-order valence-corrected chi connectivity index (χ2v) is 8.59. The molecule has 0 bridgehead atoms. The first-order valence-electron chi connectivity index (χ1n) is 11.3. The van der Waals surface area contributed by atoms with Gasteiger partial charge in [-0.25, -0.2) is 4.39 Å². The van der Waals surface area contributed by atoms with E-state index >= 15 is 0 Å². The van der Waals surface area contributed by atoms with Gasteiger partial charge in [0.05, 0.1) is 10.6 Å². The van der Waals surface area contributed by atoms with Gasteiger partial charge in [-0.15, -0.1) is 0 Å². The number of halogens is 2. The van der Waals surface area contributed by atoms with E-state index in [2.05, 4.69) is 44.5 Å². The van der Waals surface area contributed by atoms with Gasteiger partial charge < -0.3 is 14.7 Å². The number of hydrogen-bond acceptors (Lipinski definition) is 5. The van der Waals surface area contributed by atoms with Crippen LogP contribution in [0.5, 0.6) is 0 Å². The van der Waals surface area contributed by atoms with Crippen LogP contribution in [-0.4, -0.2) is 55.2 Å². The van der Waals surface area contributed by atoms with Gasteiger partial charge >= 0.3 is 0 Å². The van der Waals surface area contributed by atoms with Crippen molar-refractivity contribution in [2.75, 3.05) is 44.2 Å². The minimum absolute atomic E-state index is 0.0795. The maximum atomic E-state index is 14.3. The molecule has 1 saturated heterocycles. The van der Waals surface area contributed by atoms with Crippen molar-refractivity contribution in [3.63, 3.8) is 0 Å². The number of aromatic nitrogens is 1. The van der Waals surface area contributed by atoms with Gasteiger partial charge in [0.1, 0.15) is 22.8 Å². The fourth-order valence-electron chi connectivity index (χ4n) is 4.15. The monoisotopic (exact) mass is 470 g/mol. The molecule has 1 aliphatic rings. The molecule has 0 atom stereocenters. The van der Waals surface area contributed by atoms with Gasteiger partial charge in [0, 0.05) is 38.4 Å². The van der Waals surface area contributed by atoms with Crippen LogP contribution in [0, 0.1) is 12.7 Å². The highest BCUT2D eigenvalue weighted by Gasteiger charge is 2.25. The zero-order valence-electron chi connectivity index (χ0n) is 18.7. The molecule has 2 aromatic carbocycles. The largest absolute Gasteiger partial charge is 0.369 e. The summed E-state index contributed by atoms with van der Waals surface area (Å²) in [5, 5.41) is 6.99. The second-order valence-electron chi connectivity index (χ2n) is 8.19. The lowest BCUT2D eigenvalue weighted by Gasteiger charge is -2.36. The Morgan fingerprint density at radius 2 is 1.85 bits per heavy atom. The lowest BCUT2D eigenvalue weighted by atomic mass is 10.0. The summed E-state index contributed by atoms with van der Waals surface area (Å²) in [6, 6.07) is 14.9. The zero-order chi connectivity index (χ0) is 23.2. The van der Waals surface area contributed by atoms with Crippen molar-refractivity contribution < 1.29 is 13.7 Å². The smallest absolute Gasteiger partial charge is 0.257 e. The third-order valence-corrected chi connectivity index (χ3v) is 6.28. The molecule has 174 valence electrons. The van der Waals surface area contributed by atoms with Crippen LogP contribution in [0.4, 0.5) is 10.1 Å². The van der Waals surface area contributed by atoms with E-state index in [9.17, 15) is 9.18 Å². The minimum atomic E-state index is -0.544. The number of amides is 1. The van der Waals surface area contributed by atoms with Gasteiger partial charge in [0.2, 0.25) is 0 Å². The topological polar surface area (TPSA) is 61.6 Å². The predicted molar refractivity (Wildman–Crippen MR) is 128 cm³/mol. The molecule has 3 aromatic rings. The molecule has 6 nitrogen and oxygen atoms in total. The van der Waals surface area contributed by atoms with Crippen molar-refractivity contribution in [2.45, 2.75) is 19.8 Å². The van der Waals surface area contributed by atoms with Crippen molar-refractivity contribution in [1.29, 1.82) is 0 Å². The number of aryl methyl sites for hydroxylation is 1. The van der Waals surface area contributed by atoms with Crippen LogP contribution < -0.4 is 10.2 Å². The number of para-hydroxylation sites is 1. The number of carbonyl (C=O) groups excluding carboxylic acids is 1. The SMILES string of the molecule is Cc1onc(-c2c(F)cccc2Cl)c1C(=O)NCCCCN1CCN(c2ccccc2)CC1. The maximum Gasteiger partial charge on any atom is 0.257 e. The van der Waals surface area contributed by atoms with E-state index in [-0.39, 0.29) is 27.8 Å². The summed E-state index contributed by atoms with van der Waals surface area (Å²) in [7, 11) is 0. The van der Waals surface area contributed by atoms with Crippen LogP contribution in [0.2, 0.25) is 5.02 Å². The van der Waals surface area contributed by atoms with Crippen LogP contribution in [0.25, 0.3) is 11.3 Å². The van der Waals surface area contributed by atoms with Crippen LogP contribution >= 0.6 is 11.6 Å². The Labute approximate surface area is 198 Å². The van der Waals surface area contributed by atoms with Crippen molar-refractivity contribution >= 4 is 23.2 Å². The highest BCUT2D eigenvalue weighted by Crippen LogP contribution is 2.33. The molecule has 0 saturated carbocycles. The summed E-state index contributed by atoms with van der Waals surface area (Å²) in [4.78, 5) is 17.7. The van der Waals surface area contributed by atoms with E-state index < -0.39 is 5.82 Å². The molecular formula is C25H28ClFN4O2. The molecule has 0 aliphatic carbocycles. The van der Waals surface area contributed by atoms with Crippen LogP contribution in [-0.2, 0) is 0 Å². The number of piperazine rings is 1. The molecule has 1 fully saturated rings. The molecule has 2 heterocycles. The second kappa shape index (κ2) is 10.8. The highest BCUT2D eigenvalue weighted by atomic mass is 35.5. The van der Waals surface area contributed by atoms with Gasteiger partial charge in [-0.2, -0.15) is 0 Å². The molecule has 0 radical (unpaired) electrons. The quantitative estimate of drug-likeness (QED) is 0.480. The van der Waals surface area contributed by atoms with Crippen molar-refractivity contribution in [1.82, 2.24) is 15.4 Å². The first-order valence-corrected chi connectivity index (χ1v) is 11.6. The summed E-state index contributed by atoms with van der Waals surface area (Å²) in [5.74, 6) is -0.546. The van der Waals surface area contributed by atoms with Gasteiger partial charge in [-0.3, -0.25) is 9.69 Å². The summed E-state index contributed by atoms with van der Waals surface area (Å²) >= 11 is 6.15. The van der Waals surface area contributed by atoms with E-state index in [1.807, 2.05) is 6.07 Å². The van der Waals surface area contributed by atoms with E-state index in [0.29, 0.717) is 12.3 Å². The Morgan fingerprint density at radius 3 is 2.58 bits per heavy atom.